The predicted molar refractivity (Wildman–Crippen MR) is 125 cm³/mol. The summed E-state index contributed by atoms with van der Waals surface area (Å²) < 4.78 is 6.01. The summed E-state index contributed by atoms with van der Waals surface area (Å²) in [5.41, 5.74) is 7.63. The Labute approximate surface area is 182 Å². The van der Waals surface area contributed by atoms with Crippen LogP contribution < -0.4 is 10.9 Å². The highest BCUT2D eigenvalue weighted by Crippen LogP contribution is 2.29. The van der Waals surface area contributed by atoms with E-state index in [0.29, 0.717) is 13.2 Å². The number of hydrogen-bond acceptors (Lipinski definition) is 6. The van der Waals surface area contributed by atoms with Gasteiger partial charge in [0.2, 0.25) is 5.91 Å². The zero-order valence-corrected chi connectivity index (χ0v) is 19.8. The van der Waals surface area contributed by atoms with Crippen molar-refractivity contribution >= 4 is 24.4 Å². The Morgan fingerprint density at radius 1 is 1.07 bits per heavy atom. The van der Waals surface area contributed by atoms with Crippen molar-refractivity contribution in [1.29, 1.82) is 0 Å². The van der Waals surface area contributed by atoms with Gasteiger partial charge in [0, 0.05) is 30.7 Å². The van der Waals surface area contributed by atoms with Crippen LogP contribution in [0.2, 0.25) is 0 Å². The van der Waals surface area contributed by atoms with Gasteiger partial charge in [0.25, 0.3) is 0 Å². The van der Waals surface area contributed by atoms with E-state index in [0.717, 1.165) is 37.4 Å². The van der Waals surface area contributed by atoms with Crippen molar-refractivity contribution in [3.05, 3.63) is 29.8 Å². The van der Waals surface area contributed by atoms with E-state index in [9.17, 15) is 4.79 Å². The molecule has 166 valence electrons. The Morgan fingerprint density at radius 2 is 1.62 bits per heavy atom. The number of carbonyl (C=O) groups excluding carboxylic acids is 1. The molecule has 1 fully saturated rings. The monoisotopic (exact) mass is 424 g/mol. The highest BCUT2D eigenvalue weighted by atomic mass is 32.1. The molecule has 1 aromatic rings. The van der Waals surface area contributed by atoms with E-state index in [4.69, 9.17) is 10.5 Å². The lowest BCUT2D eigenvalue weighted by atomic mass is 9.90. The summed E-state index contributed by atoms with van der Waals surface area (Å²) in [6, 6.07) is 7.40. The molecule has 7 heteroatoms. The average molecular weight is 425 g/mol. The van der Waals surface area contributed by atoms with Gasteiger partial charge in [0.1, 0.15) is 6.04 Å². The van der Waals surface area contributed by atoms with E-state index in [1.807, 2.05) is 36.2 Å². The molecule has 0 saturated carbocycles. The first-order chi connectivity index (χ1) is 13.5. The SMILES string of the molecule is CCC(C)(C)COCC(C)(C)CN1CCN(C)C(c2ccc(N)cc2)C1=O.NS. The van der Waals surface area contributed by atoms with Gasteiger partial charge in [0.15, 0.2) is 0 Å². The summed E-state index contributed by atoms with van der Waals surface area (Å²) in [6.07, 6.45) is 1.09. The second-order valence-electron chi connectivity index (χ2n) is 9.48. The molecular formula is C22H40N4O2S. The maximum atomic E-state index is 13.2. The highest BCUT2D eigenvalue weighted by molar-refractivity contribution is 7.77. The quantitative estimate of drug-likeness (QED) is 0.440. The molecule has 1 saturated heterocycles. The number of hydrogen-bond donors (Lipinski definition) is 3. The van der Waals surface area contributed by atoms with E-state index >= 15 is 0 Å². The van der Waals surface area contributed by atoms with Crippen LogP contribution in [0.5, 0.6) is 0 Å². The van der Waals surface area contributed by atoms with Crippen molar-refractivity contribution < 1.29 is 9.53 Å². The number of thiol groups is 1. The molecule has 0 aromatic heterocycles. The number of nitrogens with two attached hydrogens (primary N) is 2. The fourth-order valence-corrected chi connectivity index (χ4v) is 3.38. The van der Waals surface area contributed by atoms with Gasteiger partial charge < -0.3 is 15.4 Å². The van der Waals surface area contributed by atoms with Gasteiger partial charge in [-0.2, -0.15) is 0 Å². The fourth-order valence-electron chi connectivity index (χ4n) is 3.38. The summed E-state index contributed by atoms with van der Waals surface area (Å²) in [5, 5.41) is 4.19. The highest BCUT2D eigenvalue weighted by Gasteiger charge is 2.36. The molecule has 2 rings (SSSR count). The van der Waals surface area contributed by atoms with Gasteiger partial charge in [-0.1, -0.05) is 46.8 Å². The first-order valence-corrected chi connectivity index (χ1v) is 10.7. The van der Waals surface area contributed by atoms with Gasteiger partial charge >= 0.3 is 0 Å². The number of nitrogen functional groups attached to an aromatic ring is 1. The number of nitrogens with zero attached hydrogens (tertiary/aromatic N) is 2. The Hall–Kier alpha value is -1.28. The summed E-state index contributed by atoms with van der Waals surface area (Å²) in [4.78, 5) is 17.3. The maximum absolute atomic E-state index is 13.2. The lowest BCUT2D eigenvalue weighted by molar-refractivity contribution is -0.143. The molecule has 29 heavy (non-hydrogen) atoms. The average Bonchev–Trinajstić information content (AvgIpc) is 2.67. The van der Waals surface area contributed by atoms with Crippen LogP contribution in [0.4, 0.5) is 5.69 Å². The van der Waals surface area contributed by atoms with Gasteiger partial charge in [0.05, 0.1) is 13.2 Å². The normalized spacial score (nSPS) is 18.4. The molecular weight excluding hydrogens is 384 g/mol. The van der Waals surface area contributed by atoms with Crippen molar-refractivity contribution in [2.75, 3.05) is 45.6 Å². The van der Waals surface area contributed by atoms with Gasteiger partial charge in [-0.15, -0.1) is 12.8 Å². The van der Waals surface area contributed by atoms with E-state index < -0.39 is 0 Å². The minimum Gasteiger partial charge on any atom is -0.399 e. The smallest absolute Gasteiger partial charge is 0.244 e. The van der Waals surface area contributed by atoms with Crippen LogP contribution in [0.1, 0.15) is 52.6 Å². The summed E-state index contributed by atoms with van der Waals surface area (Å²) in [6.45, 7) is 14.7. The van der Waals surface area contributed by atoms with E-state index in [2.05, 4.69) is 57.5 Å². The topological polar surface area (TPSA) is 84.8 Å². The molecule has 1 aromatic carbocycles. The van der Waals surface area contributed by atoms with Crippen molar-refractivity contribution in [3.63, 3.8) is 0 Å². The zero-order chi connectivity index (χ0) is 22.2. The summed E-state index contributed by atoms with van der Waals surface area (Å²) in [5.74, 6) is 0.162. The lowest BCUT2D eigenvalue weighted by Gasteiger charge is -2.42. The molecule has 1 atom stereocenters. The second kappa shape index (κ2) is 11.2. The minimum absolute atomic E-state index is 0.0823. The first-order valence-electron chi connectivity index (χ1n) is 10.2. The van der Waals surface area contributed by atoms with Gasteiger partial charge in [-0.25, -0.2) is 0 Å². The third-order valence-electron chi connectivity index (χ3n) is 5.52. The molecule has 0 radical (unpaired) electrons. The number of amides is 1. The van der Waals surface area contributed by atoms with Crippen molar-refractivity contribution in [2.24, 2.45) is 16.0 Å². The number of likely N-dealkylation sites (N-methyl/N-ethyl adjacent to an activating group) is 1. The van der Waals surface area contributed by atoms with Gasteiger partial charge in [-0.3, -0.25) is 14.8 Å². The molecule has 1 heterocycles. The molecule has 1 aliphatic heterocycles. The molecule has 0 spiro atoms. The summed E-state index contributed by atoms with van der Waals surface area (Å²) in [7, 11) is 2.01. The summed E-state index contributed by atoms with van der Waals surface area (Å²) >= 11 is 3.03. The Bertz CT molecular complexity index is 634. The van der Waals surface area contributed by atoms with Crippen LogP contribution in [0.3, 0.4) is 0 Å². The standard InChI is InChI=1S/C22H37N3O2.H3NS/c1-7-21(2,3)15-27-16-22(4,5)14-25-13-12-24(6)19(20(25)26)17-8-10-18(23)11-9-17;1-2/h8-11,19H,7,12-16,23H2,1-6H3;2H,1H2. The molecule has 0 bridgehead atoms. The first kappa shape index (κ1) is 25.8. The Kier molecular flexibility index (Phi) is 9.95. The van der Waals surface area contributed by atoms with Crippen LogP contribution in [0.25, 0.3) is 0 Å². The molecule has 0 aliphatic carbocycles. The number of piperazine rings is 1. The zero-order valence-electron chi connectivity index (χ0n) is 18.9. The van der Waals surface area contributed by atoms with Crippen LogP contribution in [0.15, 0.2) is 24.3 Å². The molecule has 6 nitrogen and oxygen atoms in total. The largest absolute Gasteiger partial charge is 0.399 e. The van der Waals surface area contributed by atoms with Crippen LogP contribution >= 0.6 is 12.8 Å². The van der Waals surface area contributed by atoms with E-state index in [1.54, 1.807) is 0 Å². The van der Waals surface area contributed by atoms with Gasteiger partial charge in [-0.05, 0) is 36.6 Å². The van der Waals surface area contributed by atoms with Crippen molar-refractivity contribution in [1.82, 2.24) is 9.80 Å². The van der Waals surface area contributed by atoms with E-state index in [-0.39, 0.29) is 22.8 Å². The third kappa shape index (κ3) is 7.81. The molecule has 1 amide bonds. The number of ether oxygens (including phenoxy) is 1. The minimum atomic E-state index is -0.241. The number of rotatable bonds is 8. The number of carbonyl (C=O) groups is 1. The van der Waals surface area contributed by atoms with E-state index in [1.165, 1.54) is 0 Å². The lowest BCUT2D eigenvalue weighted by Crippen LogP contribution is -2.53. The molecule has 1 unspecified atom stereocenters. The van der Waals surface area contributed by atoms with Crippen LogP contribution in [-0.2, 0) is 9.53 Å². The fraction of sp³-hybridized carbons (Fsp3) is 0.682. The van der Waals surface area contributed by atoms with Crippen molar-refractivity contribution in [2.45, 2.75) is 47.1 Å². The Balaban J connectivity index is 0.00000204. The molecule has 1 aliphatic rings. The number of benzene rings is 1. The molecule has 4 N–H and O–H groups in total. The van der Waals surface area contributed by atoms with Crippen LogP contribution in [-0.4, -0.2) is 55.6 Å². The van der Waals surface area contributed by atoms with Crippen molar-refractivity contribution in [3.8, 4) is 0 Å². The third-order valence-corrected chi connectivity index (χ3v) is 5.52. The number of anilines is 1. The Morgan fingerprint density at radius 3 is 2.17 bits per heavy atom. The second-order valence-corrected chi connectivity index (χ2v) is 9.48. The predicted octanol–water partition coefficient (Wildman–Crippen LogP) is 3.35. The maximum Gasteiger partial charge on any atom is 0.244 e. The van der Waals surface area contributed by atoms with Crippen LogP contribution in [0, 0.1) is 10.8 Å².